The minimum atomic E-state index is -2.60. The Morgan fingerprint density at radius 1 is 1.48 bits per heavy atom. The van der Waals surface area contributed by atoms with Crippen LogP contribution in [-0.4, -0.2) is 41.7 Å². The number of carbonyl (C=O) groups is 1. The highest BCUT2D eigenvalue weighted by atomic mass is 19.3. The van der Waals surface area contributed by atoms with Crippen molar-refractivity contribution >= 4 is 5.91 Å². The largest absolute Gasteiger partial charge is 0.472 e. The average Bonchev–Trinajstić information content (AvgIpc) is 2.44. The molecular weight excluding hydrogens is 282 g/mol. The van der Waals surface area contributed by atoms with Gasteiger partial charge in [0.25, 0.3) is 12.3 Å². The number of hydrogen-bond donors (Lipinski definition) is 2. The molecule has 118 valence electrons. The molecular formula is C14H20F2N2O3. The Morgan fingerprint density at radius 2 is 2.19 bits per heavy atom. The zero-order chi connectivity index (χ0) is 15.8. The lowest BCUT2D eigenvalue weighted by Gasteiger charge is -2.18. The summed E-state index contributed by atoms with van der Waals surface area (Å²) in [6, 6.07) is 2.40. The monoisotopic (exact) mass is 302 g/mol. The molecule has 1 heterocycles. The van der Waals surface area contributed by atoms with Gasteiger partial charge in [-0.1, -0.05) is 13.8 Å². The summed E-state index contributed by atoms with van der Waals surface area (Å²) in [6.07, 6.45) is -0.650. The zero-order valence-electron chi connectivity index (χ0n) is 12.1. The molecule has 0 aromatic carbocycles. The number of amides is 1. The molecule has 0 saturated heterocycles. The second kappa shape index (κ2) is 8.51. The van der Waals surface area contributed by atoms with Gasteiger partial charge in [-0.25, -0.2) is 13.8 Å². The lowest BCUT2D eigenvalue weighted by Crippen LogP contribution is -2.38. The number of aromatic nitrogens is 1. The molecule has 0 saturated carbocycles. The lowest BCUT2D eigenvalue weighted by atomic mass is 10.0. The fourth-order valence-electron chi connectivity index (χ4n) is 1.79. The highest BCUT2D eigenvalue weighted by Gasteiger charge is 2.15. The molecule has 1 atom stereocenters. The van der Waals surface area contributed by atoms with Gasteiger partial charge in [-0.15, -0.1) is 0 Å². The number of hydrogen-bond acceptors (Lipinski definition) is 4. The molecule has 7 heteroatoms. The fourth-order valence-corrected chi connectivity index (χ4v) is 1.79. The van der Waals surface area contributed by atoms with Gasteiger partial charge in [-0.3, -0.25) is 4.79 Å². The van der Waals surface area contributed by atoms with E-state index in [1.165, 1.54) is 18.3 Å². The average molecular weight is 302 g/mol. The van der Waals surface area contributed by atoms with Crippen LogP contribution in [0.3, 0.4) is 0 Å². The van der Waals surface area contributed by atoms with Crippen LogP contribution >= 0.6 is 0 Å². The van der Waals surface area contributed by atoms with E-state index in [0.29, 0.717) is 12.3 Å². The molecule has 0 spiro atoms. The number of nitrogens with zero attached hydrogens (tertiary/aromatic N) is 1. The second-order valence-corrected chi connectivity index (χ2v) is 5.07. The molecule has 1 aromatic rings. The van der Waals surface area contributed by atoms with Crippen molar-refractivity contribution in [2.45, 2.75) is 32.7 Å². The zero-order valence-corrected chi connectivity index (χ0v) is 12.1. The summed E-state index contributed by atoms with van der Waals surface area (Å²) in [4.78, 5) is 15.8. The lowest BCUT2D eigenvalue weighted by molar-refractivity contribution is 0.0794. The molecule has 1 amide bonds. The van der Waals surface area contributed by atoms with Crippen molar-refractivity contribution in [3.8, 4) is 5.88 Å². The van der Waals surface area contributed by atoms with E-state index in [1.54, 1.807) is 0 Å². The number of aliphatic hydroxyl groups excluding tert-OH is 1. The standard InChI is InChI=1S/C14H20F2N2O3/c1-9(2)5-11(7-19)18-14(20)10-3-4-17-13(6-10)21-8-12(15)16/h3-4,6,9,11-12,19H,5,7-8H2,1-2H3,(H,18,20). The van der Waals surface area contributed by atoms with E-state index in [4.69, 9.17) is 4.74 Å². The fraction of sp³-hybridized carbons (Fsp3) is 0.571. The van der Waals surface area contributed by atoms with Crippen molar-refractivity contribution in [2.75, 3.05) is 13.2 Å². The molecule has 1 unspecified atom stereocenters. The van der Waals surface area contributed by atoms with Crippen LogP contribution in [0.5, 0.6) is 5.88 Å². The highest BCUT2D eigenvalue weighted by Crippen LogP contribution is 2.11. The summed E-state index contributed by atoms with van der Waals surface area (Å²) >= 11 is 0. The van der Waals surface area contributed by atoms with Crippen molar-refractivity contribution < 1.29 is 23.4 Å². The predicted octanol–water partition coefficient (Wildman–Crippen LogP) is 1.86. The summed E-state index contributed by atoms with van der Waals surface area (Å²) < 4.78 is 28.9. The first-order chi connectivity index (χ1) is 9.92. The number of aliphatic hydroxyl groups is 1. The third kappa shape index (κ3) is 6.48. The van der Waals surface area contributed by atoms with Gasteiger partial charge in [-0.2, -0.15) is 0 Å². The van der Waals surface area contributed by atoms with E-state index in [-0.39, 0.29) is 24.1 Å². The molecule has 2 N–H and O–H groups in total. The maximum absolute atomic E-state index is 12.1. The van der Waals surface area contributed by atoms with Gasteiger partial charge in [0.15, 0.2) is 6.61 Å². The minimum Gasteiger partial charge on any atom is -0.472 e. The topological polar surface area (TPSA) is 71.5 Å². The van der Waals surface area contributed by atoms with Crippen molar-refractivity contribution in [2.24, 2.45) is 5.92 Å². The molecule has 1 rings (SSSR count). The molecule has 0 aliphatic rings. The number of ether oxygens (including phenoxy) is 1. The van der Waals surface area contributed by atoms with Crippen molar-refractivity contribution in [3.05, 3.63) is 23.9 Å². The number of carbonyl (C=O) groups excluding carboxylic acids is 1. The summed E-state index contributed by atoms with van der Waals surface area (Å²) in [5, 5.41) is 11.9. The third-order valence-corrected chi connectivity index (χ3v) is 2.67. The van der Waals surface area contributed by atoms with Gasteiger partial charge in [-0.05, 0) is 18.4 Å². The van der Waals surface area contributed by atoms with Gasteiger partial charge in [0.2, 0.25) is 5.88 Å². The first-order valence-corrected chi connectivity index (χ1v) is 6.71. The van der Waals surface area contributed by atoms with Crippen LogP contribution in [-0.2, 0) is 0 Å². The van der Waals surface area contributed by atoms with Crippen molar-refractivity contribution in [3.63, 3.8) is 0 Å². The van der Waals surface area contributed by atoms with Gasteiger partial charge >= 0.3 is 0 Å². The van der Waals surface area contributed by atoms with E-state index in [0.717, 1.165) is 0 Å². The Kier molecular flexibility index (Phi) is 7.01. The SMILES string of the molecule is CC(C)CC(CO)NC(=O)c1ccnc(OCC(F)F)c1. The maximum Gasteiger partial charge on any atom is 0.272 e. The second-order valence-electron chi connectivity index (χ2n) is 5.07. The van der Waals surface area contributed by atoms with Crippen LogP contribution in [0.4, 0.5) is 8.78 Å². The predicted molar refractivity (Wildman–Crippen MR) is 73.5 cm³/mol. The minimum absolute atomic E-state index is 0.0349. The van der Waals surface area contributed by atoms with Crippen LogP contribution in [0.15, 0.2) is 18.3 Å². The smallest absolute Gasteiger partial charge is 0.272 e. The van der Waals surface area contributed by atoms with Crippen molar-refractivity contribution in [1.82, 2.24) is 10.3 Å². The maximum atomic E-state index is 12.1. The van der Waals surface area contributed by atoms with E-state index >= 15 is 0 Å². The summed E-state index contributed by atoms with van der Waals surface area (Å²) in [6.45, 7) is 3.03. The quantitative estimate of drug-likeness (QED) is 0.769. The Hall–Kier alpha value is -1.76. The Balaban J connectivity index is 2.66. The molecule has 21 heavy (non-hydrogen) atoms. The molecule has 0 radical (unpaired) electrons. The first-order valence-electron chi connectivity index (χ1n) is 6.71. The number of alkyl halides is 2. The molecule has 5 nitrogen and oxygen atoms in total. The molecule has 0 fully saturated rings. The number of halogens is 2. The molecule has 0 aliphatic heterocycles. The molecule has 0 aliphatic carbocycles. The van der Waals surface area contributed by atoms with Crippen LogP contribution in [0.2, 0.25) is 0 Å². The van der Waals surface area contributed by atoms with Gasteiger partial charge in [0, 0.05) is 17.8 Å². The van der Waals surface area contributed by atoms with Crippen molar-refractivity contribution in [1.29, 1.82) is 0 Å². The van der Waals surface area contributed by atoms with E-state index in [9.17, 15) is 18.7 Å². The van der Waals surface area contributed by atoms with E-state index in [2.05, 4.69) is 10.3 Å². The molecule has 1 aromatic heterocycles. The van der Waals surface area contributed by atoms with Crippen LogP contribution in [0.1, 0.15) is 30.6 Å². The first kappa shape index (κ1) is 17.3. The van der Waals surface area contributed by atoms with Gasteiger partial charge in [0.05, 0.1) is 12.6 Å². The molecule has 0 bridgehead atoms. The van der Waals surface area contributed by atoms with E-state index < -0.39 is 18.9 Å². The van der Waals surface area contributed by atoms with Crippen LogP contribution in [0, 0.1) is 5.92 Å². The highest BCUT2D eigenvalue weighted by molar-refractivity contribution is 5.94. The van der Waals surface area contributed by atoms with Crippen LogP contribution in [0.25, 0.3) is 0 Å². The summed E-state index contributed by atoms with van der Waals surface area (Å²) in [5.74, 6) is -0.115. The number of nitrogens with one attached hydrogen (secondary N) is 1. The Labute approximate surface area is 122 Å². The van der Waals surface area contributed by atoms with Gasteiger partial charge in [0.1, 0.15) is 0 Å². The number of rotatable bonds is 8. The number of pyridine rings is 1. The van der Waals surface area contributed by atoms with E-state index in [1.807, 2.05) is 13.8 Å². The Morgan fingerprint density at radius 3 is 2.76 bits per heavy atom. The third-order valence-electron chi connectivity index (χ3n) is 2.67. The normalized spacial score (nSPS) is 12.5. The summed E-state index contributed by atoms with van der Waals surface area (Å²) in [5.41, 5.74) is 0.247. The van der Waals surface area contributed by atoms with Gasteiger partial charge < -0.3 is 15.2 Å². The van der Waals surface area contributed by atoms with Crippen LogP contribution < -0.4 is 10.1 Å². The summed E-state index contributed by atoms with van der Waals surface area (Å²) in [7, 11) is 0. The Bertz CT molecular complexity index is 456.